The molecule has 6 unspecified atom stereocenters. The first-order chi connectivity index (χ1) is 13.9. The number of Topliss-reactive ketones (excluding diaryl/α,β-unsaturated/α-hetero) is 1. The maximum absolute atomic E-state index is 13.7. The molecular weight excluding hydrogens is 380 g/mol. The third-order valence-electron chi connectivity index (χ3n) is 8.34. The molecule has 0 radical (unpaired) electrons. The average molecular weight is 423 g/mol. The lowest BCUT2D eigenvalue weighted by Gasteiger charge is -2.53. The highest BCUT2D eigenvalue weighted by atomic mass is 16.4. The number of aliphatic carboxylic acids is 2. The molecule has 5 nitrogen and oxygen atoms in total. The first-order valence-corrected chi connectivity index (χ1v) is 11.9. The van der Waals surface area contributed by atoms with E-state index in [1.807, 2.05) is 0 Å². The van der Waals surface area contributed by atoms with Crippen LogP contribution in [0.1, 0.15) is 86.5 Å². The SMILES string of the molecule is CC1CCC(C(C)C)C(C(C(=O)O)(C(=O)CC(=O)O)C2CC(C)CCC2C(C)C)C1. The Balaban J connectivity index is 2.72. The van der Waals surface area contributed by atoms with E-state index in [2.05, 4.69) is 41.5 Å². The van der Waals surface area contributed by atoms with Gasteiger partial charge in [-0.1, -0.05) is 54.4 Å². The average Bonchev–Trinajstić information content (AvgIpc) is 2.61. The van der Waals surface area contributed by atoms with Crippen molar-refractivity contribution in [3.8, 4) is 0 Å². The van der Waals surface area contributed by atoms with Gasteiger partial charge in [0, 0.05) is 0 Å². The lowest BCUT2D eigenvalue weighted by molar-refractivity contribution is -0.176. The van der Waals surface area contributed by atoms with Crippen LogP contribution in [0.25, 0.3) is 0 Å². The first-order valence-electron chi connectivity index (χ1n) is 11.9. The zero-order valence-electron chi connectivity index (χ0n) is 19.7. The van der Waals surface area contributed by atoms with E-state index in [0.29, 0.717) is 24.7 Å². The van der Waals surface area contributed by atoms with Crippen molar-refractivity contribution in [2.45, 2.75) is 86.5 Å². The monoisotopic (exact) mass is 422 g/mol. The number of carbonyl (C=O) groups excluding carboxylic acids is 1. The number of carboxylic acids is 2. The molecule has 0 saturated heterocycles. The van der Waals surface area contributed by atoms with Gasteiger partial charge in [-0.25, -0.2) is 0 Å². The lowest BCUT2D eigenvalue weighted by atomic mass is 9.48. The summed E-state index contributed by atoms with van der Waals surface area (Å²) in [7, 11) is 0. The van der Waals surface area contributed by atoms with Gasteiger partial charge >= 0.3 is 11.9 Å². The molecule has 172 valence electrons. The second-order valence-electron chi connectivity index (χ2n) is 11.0. The fraction of sp³-hybridized carbons (Fsp3) is 0.880. The van der Waals surface area contributed by atoms with Gasteiger partial charge in [-0.3, -0.25) is 14.4 Å². The molecular formula is C25H42O5. The Bertz CT molecular complexity index is 605. The fourth-order valence-corrected chi connectivity index (χ4v) is 6.86. The van der Waals surface area contributed by atoms with Crippen molar-refractivity contribution < 1.29 is 24.6 Å². The Hall–Kier alpha value is -1.39. The number of carbonyl (C=O) groups is 3. The molecule has 0 bridgehead atoms. The van der Waals surface area contributed by atoms with Gasteiger partial charge in [0.15, 0.2) is 5.78 Å². The van der Waals surface area contributed by atoms with Crippen LogP contribution >= 0.6 is 0 Å². The molecule has 2 saturated carbocycles. The minimum Gasteiger partial charge on any atom is -0.481 e. The summed E-state index contributed by atoms with van der Waals surface area (Å²) in [5.41, 5.74) is -1.61. The molecule has 0 aromatic heterocycles. The van der Waals surface area contributed by atoms with Crippen LogP contribution in [-0.4, -0.2) is 27.9 Å². The van der Waals surface area contributed by atoms with Crippen molar-refractivity contribution in [3.05, 3.63) is 0 Å². The molecule has 6 atom stereocenters. The van der Waals surface area contributed by atoms with Crippen LogP contribution in [0, 0.1) is 52.8 Å². The molecule has 30 heavy (non-hydrogen) atoms. The largest absolute Gasteiger partial charge is 0.481 e. The standard InChI is InChI=1S/C25H42O5/c1-14(2)18-9-7-16(5)11-20(18)25(24(29)30,22(26)13-23(27)28)21-12-17(6)8-10-19(21)15(3)4/h14-21H,7-13H2,1-6H3,(H,27,28)(H,29,30). The van der Waals surface area contributed by atoms with E-state index in [0.717, 1.165) is 25.7 Å². The highest BCUT2D eigenvalue weighted by molar-refractivity contribution is 6.09. The van der Waals surface area contributed by atoms with Crippen LogP contribution in [0.2, 0.25) is 0 Å². The molecule has 2 aliphatic carbocycles. The highest BCUT2D eigenvalue weighted by Crippen LogP contribution is 2.57. The van der Waals surface area contributed by atoms with Gasteiger partial charge in [0.2, 0.25) is 0 Å². The summed E-state index contributed by atoms with van der Waals surface area (Å²) in [5.74, 6) is -2.01. The highest BCUT2D eigenvalue weighted by Gasteiger charge is 2.62. The molecule has 0 aliphatic heterocycles. The fourth-order valence-electron chi connectivity index (χ4n) is 6.86. The van der Waals surface area contributed by atoms with Gasteiger partial charge in [0.1, 0.15) is 11.8 Å². The summed E-state index contributed by atoms with van der Waals surface area (Å²) in [5, 5.41) is 20.2. The molecule has 2 fully saturated rings. The molecule has 2 rings (SSSR count). The second-order valence-corrected chi connectivity index (χ2v) is 11.0. The summed E-state index contributed by atoms with van der Waals surface area (Å²) >= 11 is 0. The Morgan fingerprint density at radius 3 is 1.50 bits per heavy atom. The van der Waals surface area contributed by atoms with E-state index in [-0.39, 0.29) is 35.5 Å². The maximum atomic E-state index is 13.7. The quantitative estimate of drug-likeness (QED) is 0.503. The number of rotatable bonds is 8. The zero-order valence-corrected chi connectivity index (χ0v) is 19.7. The van der Waals surface area contributed by atoms with Crippen LogP contribution in [0.3, 0.4) is 0 Å². The summed E-state index contributed by atoms with van der Waals surface area (Å²) in [6.07, 6.45) is 4.58. The number of hydrogen-bond donors (Lipinski definition) is 2. The molecule has 0 amide bonds. The van der Waals surface area contributed by atoms with Crippen LogP contribution in [-0.2, 0) is 14.4 Å². The van der Waals surface area contributed by atoms with Gasteiger partial charge in [-0.05, 0) is 73.0 Å². The predicted octanol–water partition coefficient (Wildman–Crippen LogP) is 5.52. The van der Waals surface area contributed by atoms with Crippen molar-refractivity contribution in [2.75, 3.05) is 0 Å². The first kappa shape index (κ1) is 24.9. The zero-order chi connectivity index (χ0) is 22.8. The van der Waals surface area contributed by atoms with Gasteiger partial charge in [0.05, 0.1) is 0 Å². The Morgan fingerprint density at radius 2 is 1.20 bits per heavy atom. The number of hydrogen-bond acceptors (Lipinski definition) is 3. The van der Waals surface area contributed by atoms with Gasteiger partial charge in [0.25, 0.3) is 0 Å². The van der Waals surface area contributed by atoms with Crippen LogP contribution in [0.4, 0.5) is 0 Å². The van der Waals surface area contributed by atoms with E-state index in [9.17, 15) is 24.6 Å². The van der Waals surface area contributed by atoms with Crippen molar-refractivity contribution in [1.82, 2.24) is 0 Å². The summed E-state index contributed by atoms with van der Waals surface area (Å²) in [6, 6.07) is 0. The third kappa shape index (κ3) is 4.75. The normalized spacial score (nSPS) is 34.5. The van der Waals surface area contributed by atoms with E-state index in [4.69, 9.17) is 0 Å². The summed E-state index contributed by atoms with van der Waals surface area (Å²) < 4.78 is 0. The molecule has 0 heterocycles. The summed E-state index contributed by atoms with van der Waals surface area (Å²) in [6.45, 7) is 12.7. The Morgan fingerprint density at radius 1 is 0.800 bits per heavy atom. The topological polar surface area (TPSA) is 91.7 Å². The van der Waals surface area contributed by atoms with Crippen LogP contribution in [0.15, 0.2) is 0 Å². The van der Waals surface area contributed by atoms with Crippen molar-refractivity contribution in [1.29, 1.82) is 0 Å². The molecule has 0 spiro atoms. The smallest absolute Gasteiger partial charge is 0.317 e. The second kappa shape index (κ2) is 9.82. The minimum absolute atomic E-state index is 0.125. The number of carboxylic acid groups (broad SMARTS) is 2. The van der Waals surface area contributed by atoms with Gasteiger partial charge in [-0.15, -0.1) is 0 Å². The van der Waals surface area contributed by atoms with Crippen LogP contribution in [0.5, 0.6) is 0 Å². The van der Waals surface area contributed by atoms with Crippen LogP contribution < -0.4 is 0 Å². The van der Waals surface area contributed by atoms with Crippen molar-refractivity contribution in [3.63, 3.8) is 0 Å². The minimum atomic E-state index is -1.61. The van der Waals surface area contributed by atoms with E-state index in [1.54, 1.807) is 0 Å². The van der Waals surface area contributed by atoms with Crippen molar-refractivity contribution in [2.24, 2.45) is 52.8 Å². The van der Waals surface area contributed by atoms with E-state index in [1.165, 1.54) is 0 Å². The van der Waals surface area contributed by atoms with Crippen molar-refractivity contribution >= 4 is 17.7 Å². The molecule has 0 aromatic rings. The lowest BCUT2D eigenvalue weighted by Crippen LogP contribution is -2.59. The molecule has 0 aromatic carbocycles. The molecule has 5 heteroatoms. The third-order valence-corrected chi connectivity index (χ3v) is 8.34. The maximum Gasteiger partial charge on any atom is 0.317 e. The van der Waals surface area contributed by atoms with Gasteiger partial charge in [-0.2, -0.15) is 0 Å². The number of ketones is 1. The van der Waals surface area contributed by atoms with E-state index >= 15 is 0 Å². The Labute approximate surface area is 182 Å². The summed E-state index contributed by atoms with van der Waals surface area (Å²) in [4.78, 5) is 38.5. The predicted molar refractivity (Wildman–Crippen MR) is 117 cm³/mol. The van der Waals surface area contributed by atoms with E-state index < -0.39 is 29.6 Å². The molecule has 2 aliphatic rings. The Kier molecular flexibility index (Phi) is 8.15. The van der Waals surface area contributed by atoms with Gasteiger partial charge < -0.3 is 10.2 Å². The molecule has 2 N–H and O–H groups in total.